The van der Waals surface area contributed by atoms with Crippen molar-refractivity contribution >= 4 is 0 Å². The minimum Gasteiger partial charge on any atom is -0.313 e. The summed E-state index contributed by atoms with van der Waals surface area (Å²) in [5.74, 6) is 0. The van der Waals surface area contributed by atoms with Gasteiger partial charge in [0.2, 0.25) is 0 Å². The molecule has 3 heterocycles. The Labute approximate surface area is 91.9 Å². The highest BCUT2D eigenvalue weighted by atomic mass is 15.3. The van der Waals surface area contributed by atoms with Crippen molar-refractivity contribution in [3.8, 4) is 0 Å². The lowest BCUT2D eigenvalue weighted by Gasteiger charge is -2.33. The van der Waals surface area contributed by atoms with Crippen LogP contribution in [-0.2, 0) is 0 Å². The molecular weight excluding hydrogens is 186 g/mol. The summed E-state index contributed by atoms with van der Waals surface area (Å²) in [6.07, 6.45) is 7.85. The van der Waals surface area contributed by atoms with Gasteiger partial charge >= 0.3 is 0 Å². The van der Waals surface area contributed by atoms with Crippen LogP contribution in [0.1, 0.15) is 25.7 Å². The van der Waals surface area contributed by atoms with Gasteiger partial charge in [-0.25, -0.2) is 0 Å². The van der Waals surface area contributed by atoms with Crippen LogP contribution in [0.4, 0.5) is 0 Å². The first-order chi connectivity index (χ1) is 7.45. The van der Waals surface area contributed by atoms with Crippen molar-refractivity contribution in [1.29, 1.82) is 0 Å². The lowest BCUT2D eigenvalue weighted by molar-refractivity contribution is 0.192. The maximum Gasteiger partial charge on any atom is 0.0489 e. The minimum atomic E-state index is 0.637. The summed E-state index contributed by atoms with van der Waals surface area (Å²) in [6.45, 7) is 4.66. The van der Waals surface area contributed by atoms with E-state index in [1.807, 2.05) is 0 Å². The molecule has 2 saturated heterocycles. The third kappa shape index (κ3) is 1.84. The number of piperidine rings is 1. The fraction of sp³-hybridized carbons (Fsp3) is 0.833. The van der Waals surface area contributed by atoms with Gasteiger partial charge in [-0.05, 0) is 37.9 Å². The first-order valence-electron chi connectivity index (χ1n) is 6.32. The van der Waals surface area contributed by atoms with Crippen molar-refractivity contribution in [2.24, 2.45) is 0 Å². The van der Waals surface area contributed by atoms with Crippen LogP contribution in [0.3, 0.4) is 0 Å². The van der Waals surface area contributed by atoms with E-state index in [-0.39, 0.29) is 0 Å². The third-order valence-electron chi connectivity index (χ3n) is 4.02. The highest BCUT2D eigenvalue weighted by molar-refractivity contribution is 5.20. The summed E-state index contributed by atoms with van der Waals surface area (Å²) in [7, 11) is 0. The van der Waals surface area contributed by atoms with Crippen molar-refractivity contribution in [2.75, 3.05) is 26.3 Å². The van der Waals surface area contributed by atoms with Crippen LogP contribution in [0.2, 0.25) is 0 Å². The number of hydrogen-bond acceptors (Lipinski definition) is 3. The Kier molecular flexibility index (Phi) is 2.77. The Morgan fingerprint density at radius 3 is 3.20 bits per heavy atom. The molecular formula is C12H21N3. The smallest absolute Gasteiger partial charge is 0.0489 e. The molecule has 3 heteroatoms. The zero-order valence-corrected chi connectivity index (χ0v) is 9.34. The lowest BCUT2D eigenvalue weighted by Crippen LogP contribution is -2.43. The number of hydrogen-bond donors (Lipinski definition) is 2. The summed E-state index contributed by atoms with van der Waals surface area (Å²) in [6, 6.07) is 1.42. The van der Waals surface area contributed by atoms with Gasteiger partial charge in [0.1, 0.15) is 0 Å². The molecule has 2 N–H and O–H groups in total. The fourth-order valence-corrected chi connectivity index (χ4v) is 3.22. The van der Waals surface area contributed by atoms with Crippen molar-refractivity contribution in [3.05, 3.63) is 11.6 Å². The van der Waals surface area contributed by atoms with Crippen LogP contribution >= 0.6 is 0 Å². The maximum atomic E-state index is 3.69. The summed E-state index contributed by atoms with van der Waals surface area (Å²) in [4.78, 5) is 2.63. The second-order valence-electron chi connectivity index (χ2n) is 4.96. The Bertz CT molecular complexity index is 262. The fourth-order valence-electron chi connectivity index (χ4n) is 3.22. The predicted octanol–water partition coefficient (Wildman–Crippen LogP) is 0.690. The molecule has 3 nitrogen and oxygen atoms in total. The molecule has 0 aromatic heterocycles. The lowest BCUT2D eigenvalue weighted by atomic mass is 9.91. The molecule has 3 rings (SSSR count). The first-order valence-corrected chi connectivity index (χ1v) is 6.32. The molecule has 0 saturated carbocycles. The van der Waals surface area contributed by atoms with E-state index in [2.05, 4.69) is 21.6 Å². The third-order valence-corrected chi connectivity index (χ3v) is 4.02. The number of fused-ring (bicyclic) bond motifs is 1. The summed E-state index contributed by atoms with van der Waals surface area (Å²) in [5, 5.41) is 7.17. The summed E-state index contributed by atoms with van der Waals surface area (Å²) in [5.41, 5.74) is 1.61. The van der Waals surface area contributed by atoms with Gasteiger partial charge in [-0.3, -0.25) is 10.2 Å². The molecule has 84 valence electrons. The van der Waals surface area contributed by atoms with Crippen molar-refractivity contribution in [3.63, 3.8) is 0 Å². The molecule has 0 spiro atoms. The van der Waals surface area contributed by atoms with Gasteiger partial charge in [-0.2, -0.15) is 0 Å². The highest BCUT2D eigenvalue weighted by Gasteiger charge is 2.36. The van der Waals surface area contributed by atoms with Gasteiger partial charge in [0.25, 0.3) is 0 Å². The number of rotatable bonds is 1. The summed E-state index contributed by atoms with van der Waals surface area (Å²) >= 11 is 0. The molecule has 0 aliphatic carbocycles. The van der Waals surface area contributed by atoms with E-state index in [9.17, 15) is 0 Å². The molecule has 2 fully saturated rings. The average molecular weight is 207 g/mol. The normalized spacial score (nSPS) is 37.5. The molecule has 3 aliphatic heterocycles. The Balaban J connectivity index is 1.73. The van der Waals surface area contributed by atoms with E-state index in [1.165, 1.54) is 32.2 Å². The maximum absolute atomic E-state index is 3.69. The molecule has 15 heavy (non-hydrogen) atoms. The molecule has 2 unspecified atom stereocenters. The quantitative estimate of drug-likeness (QED) is 0.620. The molecule has 3 aliphatic rings. The van der Waals surface area contributed by atoms with E-state index in [0.717, 1.165) is 25.8 Å². The second kappa shape index (κ2) is 4.24. The predicted molar refractivity (Wildman–Crippen MR) is 61.7 cm³/mol. The van der Waals surface area contributed by atoms with Gasteiger partial charge in [-0.1, -0.05) is 12.5 Å². The van der Waals surface area contributed by atoms with Crippen molar-refractivity contribution in [1.82, 2.24) is 15.5 Å². The van der Waals surface area contributed by atoms with Crippen LogP contribution in [0, 0.1) is 0 Å². The van der Waals surface area contributed by atoms with Gasteiger partial charge in [-0.15, -0.1) is 0 Å². The summed E-state index contributed by atoms with van der Waals surface area (Å²) < 4.78 is 0. The van der Waals surface area contributed by atoms with E-state index in [4.69, 9.17) is 0 Å². The van der Waals surface area contributed by atoms with Crippen LogP contribution < -0.4 is 10.6 Å². The zero-order chi connectivity index (χ0) is 10.1. The van der Waals surface area contributed by atoms with Crippen LogP contribution in [-0.4, -0.2) is 43.3 Å². The van der Waals surface area contributed by atoms with Crippen molar-refractivity contribution < 1.29 is 0 Å². The first kappa shape index (κ1) is 9.82. The standard InChI is InChI=1S/C12H21N3/c1-2-7-15-9-14-12(11(15)5-1)10-4-3-6-13-8-10/h4,11-14H,1-3,5-9H2. The molecule has 0 bridgehead atoms. The molecule has 2 atom stereocenters. The van der Waals surface area contributed by atoms with Crippen LogP contribution in [0.5, 0.6) is 0 Å². The number of nitrogens with one attached hydrogen (secondary N) is 2. The average Bonchev–Trinajstić information content (AvgIpc) is 2.74. The Morgan fingerprint density at radius 1 is 1.33 bits per heavy atom. The SMILES string of the molecule is C1=C(C2NCN3CCCCC23)CNCC1. The number of nitrogens with zero attached hydrogens (tertiary/aromatic N) is 1. The molecule has 0 aromatic carbocycles. The van der Waals surface area contributed by atoms with Crippen molar-refractivity contribution in [2.45, 2.75) is 37.8 Å². The topological polar surface area (TPSA) is 27.3 Å². The largest absolute Gasteiger partial charge is 0.313 e. The van der Waals surface area contributed by atoms with Crippen LogP contribution in [0.15, 0.2) is 11.6 Å². The molecule has 0 radical (unpaired) electrons. The minimum absolute atomic E-state index is 0.637. The van der Waals surface area contributed by atoms with Gasteiger partial charge in [0, 0.05) is 25.3 Å². The van der Waals surface area contributed by atoms with Gasteiger partial charge < -0.3 is 5.32 Å². The van der Waals surface area contributed by atoms with E-state index < -0.39 is 0 Å². The molecule has 0 aromatic rings. The monoisotopic (exact) mass is 207 g/mol. The van der Waals surface area contributed by atoms with Gasteiger partial charge in [0.05, 0.1) is 0 Å². The molecule has 0 amide bonds. The van der Waals surface area contributed by atoms with Crippen LogP contribution in [0.25, 0.3) is 0 Å². The van der Waals surface area contributed by atoms with Gasteiger partial charge in [0.15, 0.2) is 0 Å². The van der Waals surface area contributed by atoms with E-state index >= 15 is 0 Å². The zero-order valence-electron chi connectivity index (χ0n) is 9.34. The van der Waals surface area contributed by atoms with E-state index in [0.29, 0.717) is 6.04 Å². The second-order valence-corrected chi connectivity index (χ2v) is 4.96. The highest BCUT2D eigenvalue weighted by Crippen LogP contribution is 2.27. The Hall–Kier alpha value is -0.380. The van der Waals surface area contributed by atoms with E-state index in [1.54, 1.807) is 5.57 Å². The Morgan fingerprint density at radius 2 is 2.33 bits per heavy atom.